The Bertz CT molecular complexity index is 1100. The van der Waals surface area contributed by atoms with Gasteiger partial charge in [0, 0.05) is 35.1 Å². The summed E-state index contributed by atoms with van der Waals surface area (Å²) in [4.78, 5) is 49.0. The Hall–Kier alpha value is -2.97. The van der Waals surface area contributed by atoms with Crippen LogP contribution in [0.15, 0.2) is 6.07 Å². The number of ether oxygens (including phenoxy) is 4. The lowest BCUT2D eigenvalue weighted by atomic mass is 10.0. The van der Waals surface area contributed by atoms with E-state index >= 15 is 0 Å². The van der Waals surface area contributed by atoms with Crippen LogP contribution in [0.25, 0.3) is 0 Å². The molecule has 1 amide bonds. The molecular weight excluding hydrogens is 586 g/mol. The average Bonchev–Trinajstić information content (AvgIpc) is 2.90. The van der Waals surface area contributed by atoms with Gasteiger partial charge in [-0.1, -0.05) is 20.8 Å². The molecule has 0 aromatic heterocycles. The Morgan fingerprint density at radius 3 is 2.26 bits per heavy atom. The number of esters is 1. The molecule has 0 radical (unpaired) electrons. The normalized spacial score (nSPS) is 13.0. The van der Waals surface area contributed by atoms with Crippen LogP contribution in [0, 0.1) is 6.92 Å². The van der Waals surface area contributed by atoms with Gasteiger partial charge < -0.3 is 38.9 Å². The van der Waals surface area contributed by atoms with E-state index in [1.165, 1.54) is 26.0 Å². The quantitative estimate of drug-likeness (QED) is 0.175. The van der Waals surface area contributed by atoms with Gasteiger partial charge in [-0.05, 0) is 38.4 Å². The Labute approximate surface area is 252 Å². The number of aliphatic hydroxyl groups excluding tert-OH is 1. The number of aromatic carboxylic acids is 1. The first-order valence-corrected chi connectivity index (χ1v) is 17.6. The number of carboxylic acid groups (broad SMARTS) is 1. The SMILES string of the molecule is CCOC(=O)O[C@@H](CO)CCC(=O)N[C@@H](CSCc1c(O[Si](C)(C)C(C)(C)C)cc(OC)c(C)c1C(=O)O)C(=O)OC. The van der Waals surface area contributed by atoms with E-state index in [0.717, 1.165) is 0 Å². The highest BCUT2D eigenvalue weighted by Gasteiger charge is 2.40. The Balaban J connectivity index is 3.14. The summed E-state index contributed by atoms with van der Waals surface area (Å²) in [5.74, 6) is -1.30. The predicted octanol–water partition coefficient (Wildman–Crippen LogP) is 4.29. The average molecular weight is 632 g/mol. The van der Waals surface area contributed by atoms with Crippen LogP contribution in [0.4, 0.5) is 4.79 Å². The number of benzene rings is 1. The van der Waals surface area contributed by atoms with Crippen molar-refractivity contribution in [1.82, 2.24) is 5.32 Å². The fraction of sp³-hybridized carbons (Fsp3) is 0.643. The third-order valence-electron chi connectivity index (χ3n) is 6.99. The maximum Gasteiger partial charge on any atom is 0.508 e. The smallest absolute Gasteiger partial charge is 0.508 e. The Morgan fingerprint density at radius 2 is 1.76 bits per heavy atom. The van der Waals surface area contributed by atoms with Crippen molar-refractivity contribution in [3.63, 3.8) is 0 Å². The molecule has 1 aromatic carbocycles. The molecule has 238 valence electrons. The van der Waals surface area contributed by atoms with Crippen LogP contribution in [0.2, 0.25) is 18.1 Å². The lowest BCUT2D eigenvalue weighted by molar-refractivity contribution is -0.144. The molecule has 12 nitrogen and oxygen atoms in total. The molecule has 14 heteroatoms. The number of carbonyl (C=O) groups excluding carboxylic acids is 3. The van der Waals surface area contributed by atoms with Gasteiger partial charge in [-0.3, -0.25) is 4.79 Å². The molecule has 0 bridgehead atoms. The largest absolute Gasteiger partial charge is 0.543 e. The number of nitrogens with one attached hydrogen (secondary N) is 1. The summed E-state index contributed by atoms with van der Waals surface area (Å²) in [5.41, 5.74) is 0.961. The Kier molecular flexibility index (Phi) is 14.7. The first-order valence-electron chi connectivity index (χ1n) is 13.5. The zero-order valence-electron chi connectivity index (χ0n) is 26.0. The van der Waals surface area contributed by atoms with E-state index in [-0.39, 0.29) is 41.6 Å². The van der Waals surface area contributed by atoms with Gasteiger partial charge in [0.25, 0.3) is 0 Å². The van der Waals surface area contributed by atoms with E-state index in [2.05, 4.69) is 43.9 Å². The minimum Gasteiger partial charge on any atom is -0.543 e. The van der Waals surface area contributed by atoms with Gasteiger partial charge in [0.1, 0.15) is 23.6 Å². The number of aliphatic hydroxyl groups is 1. The van der Waals surface area contributed by atoms with Crippen LogP contribution in [-0.2, 0) is 29.6 Å². The van der Waals surface area contributed by atoms with Gasteiger partial charge in [0.05, 0.1) is 33.0 Å². The van der Waals surface area contributed by atoms with E-state index < -0.39 is 51.1 Å². The molecule has 0 aliphatic rings. The van der Waals surface area contributed by atoms with Crippen molar-refractivity contribution >= 4 is 44.1 Å². The lowest BCUT2D eigenvalue weighted by Gasteiger charge is -2.37. The highest BCUT2D eigenvalue weighted by molar-refractivity contribution is 7.98. The molecule has 3 N–H and O–H groups in total. The summed E-state index contributed by atoms with van der Waals surface area (Å²) in [6.07, 6.45) is -2.04. The van der Waals surface area contributed by atoms with Crippen LogP contribution in [0.3, 0.4) is 0 Å². The van der Waals surface area contributed by atoms with Gasteiger partial charge in [0.15, 0.2) is 0 Å². The zero-order valence-corrected chi connectivity index (χ0v) is 27.8. The number of hydrogen-bond acceptors (Lipinski definition) is 11. The summed E-state index contributed by atoms with van der Waals surface area (Å²) in [6.45, 7) is 13.2. The van der Waals surface area contributed by atoms with E-state index in [1.807, 2.05) is 0 Å². The first-order chi connectivity index (χ1) is 19.5. The molecular formula is C28H45NO11SSi. The number of amides is 1. The highest BCUT2D eigenvalue weighted by Crippen LogP contribution is 2.42. The van der Waals surface area contributed by atoms with E-state index in [1.54, 1.807) is 19.9 Å². The molecule has 0 aliphatic heterocycles. The van der Waals surface area contributed by atoms with Crippen molar-refractivity contribution in [2.24, 2.45) is 0 Å². The van der Waals surface area contributed by atoms with Crippen molar-refractivity contribution in [2.75, 3.05) is 33.2 Å². The molecule has 0 spiro atoms. The second kappa shape index (κ2) is 16.6. The monoisotopic (exact) mass is 631 g/mol. The molecule has 0 fully saturated rings. The first kappa shape index (κ1) is 37.1. The summed E-state index contributed by atoms with van der Waals surface area (Å²) in [5, 5.41) is 22.0. The number of hydrogen-bond donors (Lipinski definition) is 3. The number of thioether (sulfide) groups is 1. The molecule has 0 saturated carbocycles. The molecule has 1 rings (SSSR count). The maximum absolute atomic E-state index is 12.6. The van der Waals surface area contributed by atoms with Crippen LogP contribution in [0.5, 0.6) is 11.5 Å². The van der Waals surface area contributed by atoms with Gasteiger partial charge in [-0.2, -0.15) is 11.8 Å². The van der Waals surface area contributed by atoms with E-state index in [9.17, 15) is 29.4 Å². The third kappa shape index (κ3) is 10.7. The van der Waals surface area contributed by atoms with Crippen molar-refractivity contribution < 1.29 is 52.8 Å². The van der Waals surface area contributed by atoms with Gasteiger partial charge in [-0.25, -0.2) is 14.4 Å². The minimum atomic E-state index is -2.38. The van der Waals surface area contributed by atoms with Crippen molar-refractivity contribution in [3.05, 3.63) is 22.8 Å². The molecule has 0 unspecified atom stereocenters. The van der Waals surface area contributed by atoms with Crippen molar-refractivity contribution in [3.8, 4) is 11.5 Å². The zero-order chi connectivity index (χ0) is 32.3. The van der Waals surface area contributed by atoms with Gasteiger partial charge >= 0.3 is 18.1 Å². The van der Waals surface area contributed by atoms with Crippen LogP contribution < -0.4 is 14.5 Å². The summed E-state index contributed by atoms with van der Waals surface area (Å²) < 4.78 is 26.5. The molecule has 2 atom stereocenters. The van der Waals surface area contributed by atoms with Crippen molar-refractivity contribution in [1.29, 1.82) is 0 Å². The summed E-state index contributed by atoms with van der Waals surface area (Å²) in [7, 11) is 0.285. The second-order valence-electron chi connectivity index (χ2n) is 11.0. The summed E-state index contributed by atoms with van der Waals surface area (Å²) >= 11 is 1.23. The maximum atomic E-state index is 12.6. The van der Waals surface area contributed by atoms with Gasteiger partial charge in [0.2, 0.25) is 14.2 Å². The topological polar surface area (TPSA) is 167 Å². The van der Waals surface area contributed by atoms with E-state index in [0.29, 0.717) is 22.6 Å². The Morgan fingerprint density at radius 1 is 1.12 bits per heavy atom. The third-order valence-corrected chi connectivity index (χ3v) is 12.4. The number of rotatable bonds is 16. The second-order valence-corrected chi connectivity index (χ2v) is 16.8. The number of carboxylic acids is 1. The number of carbonyl (C=O) groups is 4. The minimum absolute atomic E-state index is 0.00340. The molecule has 0 aliphatic carbocycles. The lowest BCUT2D eigenvalue weighted by Crippen LogP contribution is -2.44. The van der Waals surface area contributed by atoms with Crippen LogP contribution >= 0.6 is 11.8 Å². The number of methoxy groups -OCH3 is 2. The fourth-order valence-corrected chi connectivity index (χ4v) is 5.68. The standard InChI is InChI=1S/C28H45NO11SSi/c1-10-38-27(35)39-18(14-30)11-12-23(31)29-20(26(34)37-7)16-41-15-19-22(40-42(8,9)28(3,4)5)13-21(36-6)17(2)24(19)25(32)33/h13,18,20,30H,10-12,14-16H2,1-9H3,(H,29,31)(H,32,33)/t18-,20+/m1/s1. The van der Waals surface area contributed by atoms with Crippen LogP contribution in [0.1, 0.15) is 62.0 Å². The van der Waals surface area contributed by atoms with E-state index in [4.69, 9.17) is 18.6 Å². The highest BCUT2D eigenvalue weighted by atomic mass is 32.2. The van der Waals surface area contributed by atoms with Crippen LogP contribution in [-0.4, -0.2) is 87.9 Å². The predicted molar refractivity (Wildman–Crippen MR) is 161 cm³/mol. The molecule has 1 aromatic rings. The molecule has 42 heavy (non-hydrogen) atoms. The molecule has 0 heterocycles. The fourth-order valence-electron chi connectivity index (χ4n) is 3.57. The van der Waals surface area contributed by atoms with Crippen molar-refractivity contribution in [2.45, 2.75) is 83.5 Å². The summed E-state index contributed by atoms with van der Waals surface area (Å²) in [6, 6.07) is 0.664. The molecule has 0 saturated heterocycles. The van der Waals surface area contributed by atoms with Gasteiger partial charge in [-0.15, -0.1) is 0 Å².